The predicted octanol–water partition coefficient (Wildman–Crippen LogP) is 2.61. The molecule has 0 saturated carbocycles. The Kier molecular flexibility index (Phi) is 4.27. The second kappa shape index (κ2) is 5.96. The molecule has 1 amide bonds. The van der Waals surface area contributed by atoms with Crippen LogP contribution in [0.4, 0.5) is 8.78 Å². The number of carboxylic acids is 1. The van der Waals surface area contributed by atoms with Crippen LogP contribution in [-0.4, -0.2) is 22.0 Å². The van der Waals surface area contributed by atoms with Crippen molar-refractivity contribution in [1.29, 1.82) is 0 Å². The number of halogens is 2. The number of hydrogen-bond donors (Lipinski definition) is 2. The van der Waals surface area contributed by atoms with E-state index in [4.69, 9.17) is 5.11 Å². The molecule has 0 aliphatic heterocycles. The summed E-state index contributed by atoms with van der Waals surface area (Å²) in [6, 6.07) is 2.67. The van der Waals surface area contributed by atoms with Crippen molar-refractivity contribution in [2.24, 2.45) is 0 Å². The highest BCUT2D eigenvalue weighted by molar-refractivity contribution is 7.09. The molecule has 2 aromatic rings. The summed E-state index contributed by atoms with van der Waals surface area (Å²) < 4.78 is 26.5. The summed E-state index contributed by atoms with van der Waals surface area (Å²) in [7, 11) is 0. The molecule has 1 aromatic carbocycles. The van der Waals surface area contributed by atoms with Gasteiger partial charge < -0.3 is 10.4 Å². The lowest BCUT2D eigenvalue weighted by atomic mass is 10.2. The molecule has 1 heterocycles. The Hall–Kier alpha value is -2.35. The molecule has 0 aliphatic carbocycles. The first-order valence-electron chi connectivity index (χ1n) is 5.83. The molecule has 0 spiro atoms. The number of thiazole rings is 1. The van der Waals surface area contributed by atoms with Gasteiger partial charge in [-0.3, -0.25) is 4.79 Å². The molecular weight excluding hydrogens is 302 g/mol. The molecule has 2 rings (SSSR count). The number of nitrogens with zero attached hydrogens (tertiary/aromatic N) is 1. The van der Waals surface area contributed by atoms with E-state index in [1.807, 2.05) is 0 Å². The fourth-order valence-corrected chi connectivity index (χ4v) is 2.40. The number of nitrogens with one attached hydrogen (secondary N) is 1. The average Bonchev–Trinajstić information content (AvgIpc) is 2.91. The van der Waals surface area contributed by atoms with E-state index >= 15 is 0 Å². The first-order valence-corrected chi connectivity index (χ1v) is 6.71. The quantitative estimate of drug-likeness (QED) is 0.909. The van der Waals surface area contributed by atoms with Gasteiger partial charge in [0.15, 0.2) is 17.3 Å². The molecule has 1 aromatic heterocycles. The van der Waals surface area contributed by atoms with Gasteiger partial charge in [0.25, 0.3) is 5.91 Å². The van der Waals surface area contributed by atoms with Gasteiger partial charge in [-0.2, -0.15) is 0 Å². The number of aromatic nitrogens is 1. The van der Waals surface area contributed by atoms with Crippen molar-refractivity contribution in [3.63, 3.8) is 0 Å². The second-order valence-electron chi connectivity index (χ2n) is 4.17. The van der Waals surface area contributed by atoms with Gasteiger partial charge in [0.05, 0.1) is 11.6 Å². The minimum absolute atomic E-state index is 0.131. The van der Waals surface area contributed by atoms with Crippen molar-refractivity contribution < 1.29 is 23.5 Å². The first-order chi connectivity index (χ1) is 9.90. The van der Waals surface area contributed by atoms with Gasteiger partial charge in [-0.25, -0.2) is 18.6 Å². The second-order valence-corrected chi connectivity index (χ2v) is 5.06. The summed E-state index contributed by atoms with van der Waals surface area (Å²) in [5, 5.41) is 12.9. The molecule has 0 aliphatic rings. The maximum atomic E-state index is 13.5. The van der Waals surface area contributed by atoms with Gasteiger partial charge in [0.2, 0.25) is 0 Å². The van der Waals surface area contributed by atoms with Crippen LogP contribution in [-0.2, 0) is 0 Å². The molecule has 5 nitrogen and oxygen atoms in total. The summed E-state index contributed by atoms with van der Waals surface area (Å²) in [5.41, 5.74) is -0.551. The maximum absolute atomic E-state index is 13.5. The van der Waals surface area contributed by atoms with Gasteiger partial charge >= 0.3 is 5.97 Å². The van der Waals surface area contributed by atoms with Crippen LogP contribution in [0.5, 0.6) is 0 Å². The molecule has 8 heteroatoms. The van der Waals surface area contributed by atoms with Gasteiger partial charge in [-0.15, -0.1) is 11.3 Å². The topological polar surface area (TPSA) is 79.3 Å². The lowest BCUT2D eigenvalue weighted by molar-refractivity contribution is 0.0691. The van der Waals surface area contributed by atoms with Crippen LogP contribution in [0.15, 0.2) is 23.6 Å². The number of amides is 1. The summed E-state index contributed by atoms with van der Waals surface area (Å²) in [5.74, 6) is -4.32. The highest BCUT2D eigenvalue weighted by Gasteiger charge is 2.20. The highest BCUT2D eigenvalue weighted by atomic mass is 32.1. The fourth-order valence-electron chi connectivity index (χ4n) is 1.60. The molecule has 2 N–H and O–H groups in total. The lowest BCUT2D eigenvalue weighted by Crippen LogP contribution is -2.27. The summed E-state index contributed by atoms with van der Waals surface area (Å²) in [4.78, 5) is 26.4. The molecule has 21 heavy (non-hydrogen) atoms. The van der Waals surface area contributed by atoms with Crippen molar-refractivity contribution in [2.45, 2.75) is 13.0 Å². The number of hydrogen-bond acceptors (Lipinski definition) is 4. The normalized spacial score (nSPS) is 12.0. The van der Waals surface area contributed by atoms with Crippen LogP contribution < -0.4 is 5.32 Å². The van der Waals surface area contributed by atoms with Gasteiger partial charge in [-0.1, -0.05) is 6.07 Å². The first kappa shape index (κ1) is 15.0. The van der Waals surface area contributed by atoms with Crippen LogP contribution in [0.2, 0.25) is 0 Å². The molecule has 1 atom stereocenters. The van der Waals surface area contributed by atoms with E-state index < -0.39 is 35.1 Å². The van der Waals surface area contributed by atoms with E-state index in [1.165, 1.54) is 11.4 Å². The van der Waals surface area contributed by atoms with E-state index in [1.54, 1.807) is 6.92 Å². The number of carbonyl (C=O) groups is 2. The Morgan fingerprint density at radius 3 is 2.71 bits per heavy atom. The van der Waals surface area contributed by atoms with Crippen molar-refractivity contribution in [3.8, 4) is 0 Å². The van der Waals surface area contributed by atoms with Gasteiger partial charge in [0, 0.05) is 5.38 Å². The largest absolute Gasteiger partial charge is 0.476 e. The van der Waals surface area contributed by atoms with E-state index in [-0.39, 0.29) is 5.69 Å². The Labute approximate surface area is 122 Å². The number of benzene rings is 1. The Balaban J connectivity index is 2.14. The zero-order valence-electron chi connectivity index (χ0n) is 10.8. The Bertz CT molecular complexity index is 702. The van der Waals surface area contributed by atoms with Gasteiger partial charge in [-0.05, 0) is 19.1 Å². The SMILES string of the molecule is CC(NC(=O)c1cccc(F)c1F)c1nc(C(=O)O)cs1. The van der Waals surface area contributed by atoms with Crippen LogP contribution in [0, 0.1) is 11.6 Å². The van der Waals surface area contributed by atoms with Gasteiger partial charge in [0.1, 0.15) is 5.01 Å². The van der Waals surface area contributed by atoms with Crippen LogP contribution in [0.1, 0.15) is 38.8 Å². The van der Waals surface area contributed by atoms with Crippen molar-refractivity contribution in [3.05, 3.63) is 51.5 Å². The molecule has 0 bridgehead atoms. The molecular formula is C13H10F2N2O3S. The summed E-state index contributed by atoms with van der Waals surface area (Å²) >= 11 is 1.06. The minimum Gasteiger partial charge on any atom is -0.476 e. The molecule has 1 unspecified atom stereocenters. The van der Waals surface area contributed by atoms with E-state index in [0.717, 1.165) is 23.5 Å². The van der Waals surface area contributed by atoms with Crippen molar-refractivity contribution >= 4 is 23.2 Å². The minimum atomic E-state index is -1.23. The zero-order valence-corrected chi connectivity index (χ0v) is 11.6. The zero-order chi connectivity index (χ0) is 15.6. The summed E-state index contributed by atoms with van der Waals surface area (Å²) in [6.45, 7) is 1.57. The average molecular weight is 312 g/mol. The molecule has 0 fully saturated rings. The molecule has 0 radical (unpaired) electrons. The monoisotopic (exact) mass is 312 g/mol. The number of carbonyl (C=O) groups excluding carboxylic acids is 1. The number of rotatable bonds is 4. The van der Waals surface area contributed by atoms with Crippen molar-refractivity contribution in [1.82, 2.24) is 10.3 Å². The smallest absolute Gasteiger partial charge is 0.355 e. The van der Waals surface area contributed by atoms with Crippen molar-refractivity contribution in [2.75, 3.05) is 0 Å². The molecule has 110 valence electrons. The standard InChI is InChI=1S/C13H10F2N2O3S/c1-6(12-17-9(5-21-12)13(19)20)16-11(18)7-3-2-4-8(14)10(7)15/h2-6H,1H3,(H,16,18)(H,19,20). The third-order valence-electron chi connectivity index (χ3n) is 2.66. The third kappa shape index (κ3) is 3.22. The highest BCUT2D eigenvalue weighted by Crippen LogP contribution is 2.19. The number of carboxylic acid groups (broad SMARTS) is 1. The fraction of sp³-hybridized carbons (Fsp3) is 0.154. The Morgan fingerprint density at radius 2 is 2.10 bits per heavy atom. The summed E-state index contributed by atoms with van der Waals surface area (Å²) in [6.07, 6.45) is 0. The number of aromatic carboxylic acids is 1. The maximum Gasteiger partial charge on any atom is 0.355 e. The predicted molar refractivity (Wildman–Crippen MR) is 71.3 cm³/mol. The van der Waals surface area contributed by atoms with Crippen LogP contribution in [0.3, 0.4) is 0 Å². The third-order valence-corrected chi connectivity index (χ3v) is 3.68. The van der Waals surface area contributed by atoms with Crippen LogP contribution in [0.25, 0.3) is 0 Å². The Morgan fingerprint density at radius 1 is 1.38 bits per heavy atom. The van der Waals surface area contributed by atoms with Crippen LogP contribution >= 0.6 is 11.3 Å². The van der Waals surface area contributed by atoms with E-state index in [2.05, 4.69) is 10.3 Å². The molecule has 0 saturated heterocycles. The lowest BCUT2D eigenvalue weighted by Gasteiger charge is -2.11. The van der Waals surface area contributed by atoms with E-state index in [9.17, 15) is 18.4 Å². The van der Waals surface area contributed by atoms with E-state index in [0.29, 0.717) is 5.01 Å².